The Morgan fingerprint density at radius 3 is 2.47 bits per heavy atom. The van der Waals surface area contributed by atoms with Gasteiger partial charge in [-0.15, -0.1) is 11.3 Å². The van der Waals surface area contributed by atoms with Crippen molar-refractivity contribution in [2.45, 2.75) is 27.4 Å². The van der Waals surface area contributed by atoms with Crippen LogP contribution in [-0.2, 0) is 16.1 Å². The predicted octanol–water partition coefficient (Wildman–Crippen LogP) is 4.21. The quantitative estimate of drug-likeness (QED) is 0.420. The van der Waals surface area contributed by atoms with Crippen molar-refractivity contribution in [1.29, 1.82) is 0 Å². The van der Waals surface area contributed by atoms with Crippen molar-refractivity contribution < 1.29 is 23.9 Å². The number of thiazole rings is 1. The SMILES string of the molecule is Cc1nc(COc2ccc(C(=O)OCC(=O)Nc3ccccc3C(=O)NCC(C)C)cc2)cs1. The van der Waals surface area contributed by atoms with Crippen molar-refractivity contribution in [2.75, 3.05) is 18.5 Å². The normalized spacial score (nSPS) is 10.6. The lowest BCUT2D eigenvalue weighted by Gasteiger charge is -2.12. The van der Waals surface area contributed by atoms with Gasteiger partial charge in [0.05, 0.1) is 27.5 Å². The molecule has 0 aliphatic rings. The lowest BCUT2D eigenvalue weighted by molar-refractivity contribution is -0.119. The Kier molecular flexibility index (Phi) is 8.75. The molecule has 0 aliphatic carbocycles. The van der Waals surface area contributed by atoms with Gasteiger partial charge in [0.15, 0.2) is 6.61 Å². The van der Waals surface area contributed by atoms with E-state index >= 15 is 0 Å². The van der Waals surface area contributed by atoms with Crippen LogP contribution >= 0.6 is 11.3 Å². The van der Waals surface area contributed by atoms with Gasteiger partial charge in [0.2, 0.25) is 0 Å². The first-order chi connectivity index (χ1) is 16.3. The minimum atomic E-state index is -0.639. The summed E-state index contributed by atoms with van der Waals surface area (Å²) in [6, 6.07) is 13.1. The minimum Gasteiger partial charge on any atom is -0.487 e. The maximum Gasteiger partial charge on any atom is 0.338 e. The first-order valence-electron chi connectivity index (χ1n) is 10.8. The Hall–Kier alpha value is -3.72. The summed E-state index contributed by atoms with van der Waals surface area (Å²) in [6.45, 7) is 6.29. The number of nitrogens with one attached hydrogen (secondary N) is 2. The molecular formula is C25H27N3O5S. The van der Waals surface area contributed by atoms with Gasteiger partial charge < -0.3 is 20.1 Å². The molecular weight excluding hydrogens is 454 g/mol. The van der Waals surface area contributed by atoms with E-state index < -0.39 is 18.5 Å². The number of para-hydroxylation sites is 1. The minimum absolute atomic E-state index is 0.284. The van der Waals surface area contributed by atoms with Crippen molar-refractivity contribution in [3.05, 3.63) is 75.7 Å². The van der Waals surface area contributed by atoms with Crippen LogP contribution in [0.2, 0.25) is 0 Å². The lowest BCUT2D eigenvalue weighted by Crippen LogP contribution is -2.29. The molecule has 0 spiro atoms. The van der Waals surface area contributed by atoms with E-state index in [1.54, 1.807) is 59.9 Å². The Bertz CT molecular complexity index is 1140. The number of aryl methyl sites for hydroxylation is 1. The number of amides is 2. The zero-order valence-electron chi connectivity index (χ0n) is 19.3. The highest BCUT2D eigenvalue weighted by atomic mass is 32.1. The van der Waals surface area contributed by atoms with Crippen molar-refractivity contribution in [2.24, 2.45) is 5.92 Å². The molecule has 1 heterocycles. The molecule has 0 aliphatic heterocycles. The molecule has 2 amide bonds. The molecule has 0 bridgehead atoms. The van der Waals surface area contributed by atoms with Crippen LogP contribution in [0.4, 0.5) is 5.69 Å². The van der Waals surface area contributed by atoms with Crippen molar-refractivity contribution in [3.8, 4) is 5.75 Å². The summed E-state index contributed by atoms with van der Waals surface area (Å²) in [5.74, 6) is -0.579. The fourth-order valence-corrected chi connectivity index (χ4v) is 3.50. The second-order valence-corrected chi connectivity index (χ2v) is 9.01. The molecule has 3 aromatic rings. The Balaban J connectivity index is 1.49. The number of aromatic nitrogens is 1. The standard InChI is InChI=1S/C25H27N3O5S/c1-16(2)12-26-24(30)21-6-4-5-7-22(21)28-23(29)14-33-25(31)18-8-10-20(11-9-18)32-13-19-15-34-17(3)27-19/h4-11,15-16H,12-14H2,1-3H3,(H,26,30)(H,28,29). The van der Waals surface area contributed by atoms with Gasteiger partial charge in [0.1, 0.15) is 12.4 Å². The highest BCUT2D eigenvalue weighted by Crippen LogP contribution is 2.17. The van der Waals surface area contributed by atoms with Crippen LogP contribution in [0.1, 0.15) is 45.3 Å². The molecule has 0 saturated carbocycles. The molecule has 0 unspecified atom stereocenters. The number of rotatable bonds is 10. The Labute approximate surface area is 202 Å². The number of hydrogen-bond donors (Lipinski definition) is 2. The van der Waals surface area contributed by atoms with Gasteiger partial charge in [-0.3, -0.25) is 9.59 Å². The second-order valence-electron chi connectivity index (χ2n) is 7.94. The Morgan fingerprint density at radius 2 is 1.79 bits per heavy atom. The molecule has 1 aromatic heterocycles. The highest BCUT2D eigenvalue weighted by molar-refractivity contribution is 7.09. The van der Waals surface area contributed by atoms with Crippen molar-refractivity contribution in [1.82, 2.24) is 10.3 Å². The summed E-state index contributed by atoms with van der Waals surface area (Å²) < 4.78 is 10.8. The molecule has 2 N–H and O–H groups in total. The van der Waals surface area contributed by atoms with Gasteiger partial charge in [-0.25, -0.2) is 9.78 Å². The third-order valence-corrected chi connectivity index (χ3v) is 5.42. The Morgan fingerprint density at radius 1 is 1.06 bits per heavy atom. The summed E-state index contributed by atoms with van der Waals surface area (Å²) >= 11 is 1.55. The number of carbonyl (C=O) groups is 3. The van der Waals surface area contributed by atoms with Crippen molar-refractivity contribution >= 4 is 34.8 Å². The molecule has 0 atom stereocenters. The summed E-state index contributed by atoms with van der Waals surface area (Å²) in [6.07, 6.45) is 0. The zero-order valence-corrected chi connectivity index (χ0v) is 20.1. The van der Waals surface area contributed by atoms with Crippen LogP contribution in [0, 0.1) is 12.8 Å². The molecule has 178 valence electrons. The number of ether oxygens (including phenoxy) is 2. The first-order valence-corrected chi connectivity index (χ1v) is 11.7. The molecule has 8 nitrogen and oxygen atoms in total. The molecule has 0 saturated heterocycles. The number of anilines is 1. The zero-order chi connectivity index (χ0) is 24.5. The van der Waals surface area contributed by atoms with E-state index in [-0.39, 0.29) is 11.5 Å². The maximum absolute atomic E-state index is 12.4. The van der Waals surface area contributed by atoms with Crippen LogP contribution in [0.25, 0.3) is 0 Å². The van der Waals surface area contributed by atoms with Crippen LogP contribution in [0.5, 0.6) is 5.75 Å². The number of carbonyl (C=O) groups excluding carboxylic acids is 3. The summed E-state index contributed by atoms with van der Waals surface area (Å²) in [5.41, 5.74) is 1.82. The monoisotopic (exact) mass is 481 g/mol. The fraction of sp³-hybridized carbons (Fsp3) is 0.280. The maximum atomic E-state index is 12.4. The fourth-order valence-electron chi connectivity index (χ4n) is 2.90. The predicted molar refractivity (Wildman–Crippen MR) is 130 cm³/mol. The number of nitrogens with zero attached hydrogens (tertiary/aromatic N) is 1. The summed E-state index contributed by atoms with van der Waals surface area (Å²) in [7, 11) is 0. The third kappa shape index (κ3) is 7.41. The molecule has 0 radical (unpaired) electrons. The number of esters is 1. The van der Waals surface area contributed by atoms with Gasteiger partial charge in [-0.1, -0.05) is 26.0 Å². The number of hydrogen-bond acceptors (Lipinski definition) is 7. The number of benzene rings is 2. The van der Waals surface area contributed by atoms with Crippen LogP contribution in [0.3, 0.4) is 0 Å². The van der Waals surface area contributed by atoms with Gasteiger partial charge in [-0.05, 0) is 49.2 Å². The van der Waals surface area contributed by atoms with Crippen LogP contribution in [0.15, 0.2) is 53.9 Å². The topological polar surface area (TPSA) is 107 Å². The van der Waals surface area contributed by atoms with E-state index in [2.05, 4.69) is 15.6 Å². The molecule has 3 rings (SSSR count). The van der Waals surface area contributed by atoms with E-state index in [4.69, 9.17) is 9.47 Å². The van der Waals surface area contributed by atoms with Gasteiger partial charge in [0, 0.05) is 11.9 Å². The smallest absolute Gasteiger partial charge is 0.338 e. The van der Waals surface area contributed by atoms with Gasteiger partial charge in [0.25, 0.3) is 11.8 Å². The molecule has 0 fully saturated rings. The molecule has 9 heteroatoms. The van der Waals surface area contributed by atoms with Crippen LogP contribution in [-0.4, -0.2) is 35.9 Å². The lowest BCUT2D eigenvalue weighted by atomic mass is 10.1. The van der Waals surface area contributed by atoms with Gasteiger partial charge >= 0.3 is 5.97 Å². The third-order valence-electron chi connectivity index (χ3n) is 4.59. The van der Waals surface area contributed by atoms with Gasteiger partial charge in [-0.2, -0.15) is 0 Å². The van der Waals surface area contributed by atoms with E-state index in [1.165, 1.54) is 0 Å². The van der Waals surface area contributed by atoms with E-state index in [1.807, 2.05) is 26.2 Å². The van der Waals surface area contributed by atoms with E-state index in [0.29, 0.717) is 36.1 Å². The average molecular weight is 482 g/mol. The van der Waals surface area contributed by atoms with Crippen LogP contribution < -0.4 is 15.4 Å². The summed E-state index contributed by atoms with van der Waals surface area (Å²) in [4.78, 5) is 41.4. The van der Waals surface area contributed by atoms with E-state index in [0.717, 1.165) is 10.7 Å². The van der Waals surface area contributed by atoms with Crippen molar-refractivity contribution in [3.63, 3.8) is 0 Å². The summed E-state index contributed by atoms with van der Waals surface area (Å²) in [5, 5.41) is 8.35. The molecule has 34 heavy (non-hydrogen) atoms. The average Bonchev–Trinajstić information content (AvgIpc) is 3.25. The van der Waals surface area contributed by atoms with E-state index in [9.17, 15) is 14.4 Å². The second kappa shape index (κ2) is 11.9. The largest absolute Gasteiger partial charge is 0.487 e. The first kappa shape index (κ1) is 24.9. The highest BCUT2D eigenvalue weighted by Gasteiger charge is 2.15. The molecule has 2 aromatic carbocycles.